The largest absolute Gasteiger partial charge is 0.493 e. The molecule has 0 atom stereocenters. The van der Waals surface area contributed by atoms with Crippen LogP contribution in [-0.2, 0) is 20.9 Å². The summed E-state index contributed by atoms with van der Waals surface area (Å²) in [6.07, 6.45) is 23.0. The van der Waals surface area contributed by atoms with Crippen molar-refractivity contribution in [2.45, 2.75) is 136 Å². The minimum absolute atomic E-state index is 0.202. The van der Waals surface area contributed by atoms with Gasteiger partial charge in [-0.25, -0.2) is 4.79 Å². The second kappa shape index (κ2) is 25.3. The van der Waals surface area contributed by atoms with Gasteiger partial charge in [0.15, 0.2) is 0 Å². The van der Waals surface area contributed by atoms with Crippen molar-refractivity contribution in [2.24, 2.45) is 0 Å². The fraction of sp³-hybridized carbons (Fsp3) is 0.632. The summed E-state index contributed by atoms with van der Waals surface area (Å²) >= 11 is 0. The second-order valence-electron chi connectivity index (χ2n) is 11.8. The molecule has 2 aromatic carbocycles. The average Bonchev–Trinajstić information content (AvgIpc) is 3.05. The number of esters is 2. The Morgan fingerprint density at radius 2 is 1.07 bits per heavy atom. The zero-order valence-electron chi connectivity index (χ0n) is 27.6. The van der Waals surface area contributed by atoms with E-state index in [4.69, 9.17) is 14.2 Å². The van der Waals surface area contributed by atoms with E-state index >= 15 is 0 Å². The molecule has 0 saturated heterocycles. The second-order valence-corrected chi connectivity index (χ2v) is 11.8. The minimum atomic E-state index is -0.419. The Balaban J connectivity index is 1.66. The summed E-state index contributed by atoms with van der Waals surface area (Å²) < 4.78 is 22.2. The number of rotatable bonds is 27. The van der Waals surface area contributed by atoms with E-state index < -0.39 is 5.97 Å². The van der Waals surface area contributed by atoms with Crippen LogP contribution in [0.15, 0.2) is 48.5 Å². The molecular formula is C38H58O6. The van der Waals surface area contributed by atoms with Crippen molar-refractivity contribution in [3.63, 3.8) is 0 Å². The molecule has 0 aliphatic heterocycles. The fourth-order valence-electron chi connectivity index (χ4n) is 5.17. The molecule has 2 aromatic rings. The molecule has 0 aliphatic rings. The molecular weight excluding hydrogens is 552 g/mol. The maximum absolute atomic E-state index is 12.9. The SMILES string of the molecule is CCCCCCCCCCCCCCCCCCOc1cc(OCCCCC(=O)OC)cc(C(=O)OCc2ccccc2)c1. The maximum Gasteiger partial charge on any atom is 0.338 e. The first kappa shape index (κ1) is 37.2. The number of hydrogen-bond donors (Lipinski definition) is 0. The van der Waals surface area contributed by atoms with Gasteiger partial charge in [0.2, 0.25) is 0 Å². The van der Waals surface area contributed by atoms with Gasteiger partial charge in [-0.2, -0.15) is 0 Å². The molecule has 0 saturated carbocycles. The van der Waals surface area contributed by atoms with Crippen LogP contribution in [0.2, 0.25) is 0 Å². The zero-order valence-corrected chi connectivity index (χ0v) is 27.6. The molecule has 6 heteroatoms. The normalized spacial score (nSPS) is 10.9. The van der Waals surface area contributed by atoms with Crippen molar-refractivity contribution < 1.29 is 28.5 Å². The number of carbonyl (C=O) groups is 2. The van der Waals surface area contributed by atoms with E-state index in [0.717, 1.165) is 18.4 Å². The molecule has 44 heavy (non-hydrogen) atoms. The van der Waals surface area contributed by atoms with Crippen molar-refractivity contribution >= 4 is 11.9 Å². The first-order valence-corrected chi connectivity index (χ1v) is 17.3. The predicted molar refractivity (Wildman–Crippen MR) is 178 cm³/mol. The number of unbranched alkanes of at least 4 members (excludes halogenated alkanes) is 16. The lowest BCUT2D eigenvalue weighted by Gasteiger charge is -2.13. The highest BCUT2D eigenvalue weighted by Crippen LogP contribution is 2.25. The number of methoxy groups -OCH3 is 1. The molecule has 0 fully saturated rings. The molecule has 6 nitrogen and oxygen atoms in total. The zero-order chi connectivity index (χ0) is 31.5. The molecule has 0 unspecified atom stereocenters. The Bertz CT molecular complexity index is 1010. The standard InChI is InChI=1S/C38H58O6/c1-3-4-5-6-7-8-9-10-11-12-13-14-15-16-17-22-27-42-35-29-34(38(40)44-32-33-24-19-18-20-25-33)30-36(31-35)43-28-23-21-26-37(39)41-2/h18-20,24-25,29-31H,3-17,21-23,26-28,32H2,1-2H3. The van der Waals surface area contributed by atoms with Gasteiger partial charge in [-0.3, -0.25) is 4.79 Å². The van der Waals surface area contributed by atoms with Crippen LogP contribution in [0.1, 0.15) is 145 Å². The molecule has 2 rings (SSSR count). The van der Waals surface area contributed by atoms with E-state index in [1.807, 2.05) is 36.4 Å². The molecule has 0 aliphatic carbocycles. The van der Waals surface area contributed by atoms with Gasteiger partial charge in [-0.1, -0.05) is 134 Å². The molecule has 0 bridgehead atoms. The van der Waals surface area contributed by atoms with Crippen molar-refractivity contribution in [1.82, 2.24) is 0 Å². The van der Waals surface area contributed by atoms with E-state index in [9.17, 15) is 9.59 Å². The average molecular weight is 611 g/mol. The first-order chi connectivity index (χ1) is 21.6. The van der Waals surface area contributed by atoms with Crippen LogP contribution in [0.5, 0.6) is 11.5 Å². The summed E-state index contributed by atoms with van der Waals surface area (Å²) in [5.41, 5.74) is 1.33. The molecule has 246 valence electrons. The number of benzene rings is 2. The summed E-state index contributed by atoms with van der Waals surface area (Å²) in [5.74, 6) is 0.513. The van der Waals surface area contributed by atoms with Crippen LogP contribution in [0, 0.1) is 0 Å². The summed E-state index contributed by atoms with van der Waals surface area (Å²) in [5, 5.41) is 0. The van der Waals surface area contributed by atoms with Gasteiger partial charge in [-0.15, -0.1) is 0 Å². The predicted octanol–water partition coefficient (Wildman–Crippen LogP) is 10.4. The van der Waals surface area contributed by atoms with Gasteiger partial charge in [0.1, 0.15) is 18.1 Å². The molecule has 0 spiro atoms. The Morgan fingerprint density at radius 1 is 0.591 bits per heavy atom. The van der Waals surface area contributed by atoms with E-state index in [1.54, 1.807) is 12.1 Å². The van der Waals surface area contributed by atoms with Gasteiger partial charge in [-0.05, 0) is 37.0 Å². The molecule has 0 aromatic heterocycles. The van der Waals surface area contributed by atoms with Crippen LogP contribution in [0.4, 0.5) is 0 Å². The lowest BCUT2D eigenvalue weighted by atomic mass is 10.0. The van der Waals surface area contributed by atoms with Crippen LogP contribution in [0.3, 0.4) is 0 Å². The maximum atomic E-state index is 12.9. The highest BCUT2D eigenvalue weighted by atomic mass is 16.5. The molecule has 0 radical (unpaired) electrons. The first-order valence-electron chi connectivity index (χ1n) is 17.3. The van der Waals surface area contributed by atoms with Crippen molar-refractivity contribution in [3.05, 3.63) is 59.7 Å². The number of ether oxygens (including phenoxy) is 4. The molecule has 0 N–H and O–H groups in total. The summed E-state index contributed by atoms with van der Waals surface area (Å²) in [4.78, 5) is 24.2. The lowest BCUT2D eigenvalue weighted by molar-refractivity contribution is -0.140. The Morgan fingerprint density at radius 3 is 1.57 bits per heavy atom. The van der Waals surface area contributed by atoms with Crippen molar-refractivity contribution in [1.29, 1.82) is 0 Å². The third-order valence-corrected chi connectivity index (χ3v) is 7.87. The van der Waals surface area contributed by atoms with Gasteiger partial charge in [0, 0.05) is 12.5 Å². The van der Waals surface area contributed by atoms with Gasteiger partial charge >= 0.3 is 11.9 Å². The van der Waals surface area contributed by atoms with E-state index in [-0.39, 0.29) is 12.6 Å². The molecule has 0 heterocycles. The Hall–Kier alpha value is -3.02. The quantitative estimate of drug-likeness (QED) is 0.0740. The van der Waals surface area contributed by atoms with Crippen LogP contribution in [-0.4, -0.2) is 32.3 Å². The van der Waals surface area contributed by atoms with E-state index in [1.165, 1.54) is 97.0 Å². The van der Waals surface area contributed by atoms with E-state index in [2.05, 4.69) is 11.7 Å². The fourth-order valence-corrected chi connectivity index (χ4v) is 5.17. The molecule has 0 amide bonds. The smallest absolute Gasteiger partial charge is 0.338 e. The minimum Gasteiger partial charge on any atom is -0.493 e. The van der Waals surface area contributed by atoms with Gasteiger partial charge in [0.25, 0.3) is 0 Å². The van der Waals surface area contributed by atoms with Crippen molar-refractivity contribution in [2.75, 3.05) is 20.3 Å². The topological polar surface area (TPSA) is 71.1 Å². The number of carbonyl (C=O) groups excluding carboxylic acids is 2. The van der Waals surface area contributed by atoms with Crippen LogP contribution >= 0.6 is 0 Å². The Labute approximate surface area is 267 Å². The lowest BCUT2D eigenvalue weighted by Crippen LogP contribution is -2.08. The number of hydrogen-bond acceptors (Lipinski definition) is 6. The summed E-state index contributed by atoms with van der Waals surface area (Å²) in [6.45, 7) is 3.50. The van der Waals surface area contributed by atoms with Gasteiger partial charge in [0.05, 0.1) is 25.9 Å². The third-order valence-electron chi connectivity index (χ3n) is 7.87. The van der Waals surface area contributed by atoms with Gasteiger partial charge < -0.3 is 18.9 Å². The van der Waals surface area contributed by atoms with Crippen molar-refractivity contribution in [3.8, 4) is 11.5 Å². The highest BCUT2D eigenvalue weighted by Gasteiger charge is 2.13. The summed E-state index contributed by atoms with van der Waals surface area (Å²) in [7, 11) is 1.39. The third kappa shape index (κ3) is 18.6. The summed E-state index contributed by atoms with van der Waals surface area (Å²) in [6, 6.07) is 14.9. The van der Waals surface area contributed by atoms with Crippen LogP contribution < -0.4 is 9.47 Å². The Kier molecular flexibility index (Phi) is 21.4. The highest BCUT2D eigenvalue weighted by molar-refractivity contribution is 5.90. The van der Waals surface area contributed by atoms with E-state index in [0.29, 0.717) is 49.5 Å². The monoisotopic (exact) mass is 610 g/mol. The van der Waals surface area contributed by atoms with Crippen LogP contribution in [0.25, 0.3) is 0 Å².